The van der Waals surface area contributed by atoms with Crippen molar-refractivity contribution in [2.45, 2.75) is 13.5 Å². The Labute approximate surface area is 173 Å². The van der Waals surface area contributed by atoms with Crippen LogP contribution in [0, 0.1) is 5.82 Å². The van der Waals surface area contributed by atoms with Crippen LogP contribution in [0.4, 0.5) is 10.1 Å². The van der Waals surface area contributed by atoms with Crippen molar-refractivity contribution in [3.05, 3.63) is 53.8 Å². The van der Waals surface area contributed by atoms with E-state index in [9.17, 15) is 14.0 Å². The van der Waals surface area contributed by atoms with E-state index in [2.05, 4.69) is 15.6 Å². The van der Waals surface area contributed by atoms with E-state index in [0.29, 0.717) is 42.9 Å². The van der Waals surface area contributed by atoms with Gasteiger partial charge in [0.2, 0.25) is 5.91 Å². The molecule has 9 heteroatoms. The summed E-state index contributed by atoms with van der Waals surface area (Å²) in [5, 5.41) is 11.0. The fourth-order valence-corrected chi connectivity index (χ4v) is 3.57. The Bertz CT molecular complexity index is 1060. The van der Waals surface area contributed by atoms with Crippen LogP contribution >= 0.6 is 0 Å². The Morgan fingerprint density at radius 3 is 2.50 bits per heavy atom. The molecule has 3 aromatic rings. The van der Waals surface area contributed by atoms with Crippen molar-refractivity contribution in [2.75, 3.05) is 38.0 Å². The van der Waals surface area contributed by atoms with Crippen molar-refractivity contribution >= 4 is 28.5 Å². The van der Waals surface area contributed by atoms with Crippen molar-refractivity contribution in [3.63, 3.8) is 0 Å². The standard InChI is InChI=1S/C21H23FN6O2/c1-2-28-19-8-3-15(13-18(19)24-25-28)21(30)27-11-9-26(10-12-27)14-20(29)23-17-6-4-16(22)5-7-17/h3-8,13H,2,9-12,14H2,1H3,(H,23,29). The molecule has 1 aliphatic heterocycles. The molecule has 1 N–H and O–H groups in total. The molecule has 1 aromatic heterocycles. The Morgan fingerprint density at radius 1 is 1.07 bits per heavy atom. The van der Waals surface area contributed by atoms with E-state index in [-0.39, 0.29) is 24.2 Å². The first kappa shape index (κ1) is 20.0. The number of nitrogens with zero attached hydrogens (tertiary/aromatic N) is 5. The highest BCUT2D eigenvalue weighted by Gasteiger charge is 2.24. The molecular formula is C21H23FN6O2. The van der Waals surface area contributed by atoms with Gasteiger partial charge in [0.05, 0.1) is 12.1 Å². The molecule has 2 aromatic carbocycles. The van der Waals surface area contributed by atoms with Gasteiger partial charge in [-0.05, 0) is 49.4 Å². The fourth-order valence-electron chi connectivity index (χ4n) is 3.57. The SMILES string of the molecule is CCn1nnc2cc(C(=O)N3CCN(CC(=O)Nc4ccc(F)cc4)CC3)ccc21. The molecule has 0 saturated carbocycles. The molecule has 2 heterocycles. The summed E-state index contributed by atoms with van der Waals surface area (Å²) in [5.41, 5.74) is 2.77. The van der Waals surface area contributed by atoms with E-state index in [1.807, 2.05) is 24.0 Å². The lowest BCUT2D eigenvalue weighted by atomic mass is 10.1. The fraction of sp³-hybridized carbons (Fsp3) is 0.333. The maximum atomic E-state index is 13.0. The quantitative estimate of drug-likeness (QED) is 0.696. The number of nitrogens with one attached hydrogen (secondary N) is 1. The maximum absolute atomic E-state index is 13.0. The first-order valence-corrected chi connectivity index (χ1v) is 9.94. The highest BCUT2D eigenvalue weighted by atomic mass is 19.1. The average Bonchev–Trinajstić information content (AvgIpc) is 3.18. The van der Waals surface area contributed by atoms with Gasteiger partial charge in [0.25, 0.3) is 5.91 Å². The van der Waals surface area contributed by atoms with Crippen LogP contribution in [-0.2, 0) is 11.3 Å². The zero-order valence-electron chi connectivity index (χ0n) is 16.7. The molecule has 0 spiro atoms. The summed E-state index contributed by atoms with van der Waals surface area (Å²) >= 11 is 0. The van der Waals surface area contributed by atoms with Gasteiger partial charge in [-0.15, -0.1) is 5.10 Å². The summed E-state index contributed by atoms with van der Waals surface area (Å²) in [6, 6.07) is 11.1. The molecule has 0 unspecified atom stereocenters. The highest BCUT2D eigenvalue weighted by molar-refractivity contribution is 5.97. The number of piperazine rings is 1. The highest BCUT2D eigenvalue weighted by Crippen LogP contribution is 2.16. The van der Waals surface area contributed by atoms with E-state index in [1.54, 1.807) is 15.6 Å². The normalized spacial score (nSPS) is 14.8. The largest absolute Gasteiger partial charge is 0.336 e. The van der Waals surface area contributed by atoms with Crippen LogP contribution in [0.5, 0.6) is 0 Å². The van der Waals surface area contributed by atoms with Gasteiger partial charge in [-0.2, -0.15) is 0 Å². The first-order valence-electron chi connectivity index (χ1n) is 9.94. The van der Waals surface area contributed by atoms with Crippen LogP contribution in [0.2, 0.25) is 0 Å². The average molecular weight is 410 g/mol. The molecule has 1 saturated heterocycles. The number of amides is 2. The van der Waals surface area contributed by atoms with Crippen molar-refractivity contribution in [1.82, 2.24) is 24.8 Å². The molecule has 30 heavy (non-hydrogen) atoms. The van der Waals surface area contributed by atoms with Crippen LogP contribution in [-0.4, -0.2) is 69.3 Å². The molecule has 0 atom stereocenters. The molecule has 0 aliphatic carbocycles. The number of hydrogen-bond acceptors (Lipinski definition) is 5. The second kappa shape index (κ2) is 8.58. The molecule has 156 valence electrons. The van der Waals surface area contributed by atoms with E-state index < -0.39 is 0 Å². The van der Waals surface area contributed by atoms with Crippen molar-refractivity contribution in [2.24, 2.45) is 0 Å². The number of aromatic nitrogens is 3. The van der Waals surface area contributed by atoms with Gasteiger partial charge >= 0.3 is 0 Å². The number of rotatable bonds is 5. The van der Waals surface area contributed by atoms with Crippen LogP contribution in [0.1, 0.15) is 17.3 Å². The summed E-state index contributed by atoms with van der Waals surface area (Å²) in [6.45, 7) is 5.25. The van der Waals surface area contributed by atoms with Gasteiger partial charge in [-0.3, -0.25) is 14.5 Å². The van der Waals surface area contributed by atoms with E-state index in [4.69, 9.17) is 0 Å². The number of anilines is 1. The lowest BCUT2D eigenvalue weighted by Gasteiger charge is -2.34. The summed E-state index contributed by atoms with van der Waals surface area (Å²) < 4.78 is 14.7. The maximum Gasteiger partial charge on any atom is 0.254 e. The second-order valence-electron chi connectivity index (χ2n) is 7.23. The number of halogens is 1. The minimum atomic E-state index is -0.345. The van der Waals surface area contributed by atoms with Gasteiger partial charge < -0.3 is 10.2 Å². The van der Waals surface area contributed by atoms with Crippen molar-refractivity contribution in [1.29, 1.82) is 0 Å². The molecule has 0 bridgehead atoms. The molecule has 2 amide bonds. The molecule has 1 aliphatic rings. The van der Waals surface area contributed by atoms with Crippen molar-refractivity contribution < 1.29 is 14.0 Å². The third kappa shape index (κ3) is 4.30. The topological polar surface area (TPSA) is 83.4 Å². The van der Waals surface area contributed by atoms with Crippen LogP contribution in [0.3, 0.4) is 0 Å². The summed E-state index contributed by atoms with van der Waals surface area (Å²) in [4.78, 5) is 28.9. The summed E-state index contributed by atoms with van der Waals surface area (Å²) in [6.07, 6.45) is 0. The molecule has 1 fully saturated rings. The monoisotopic (exact) mass is 410 g/mol. The molecular weight excluding hydrogens is 387 g/mol. The summed E-state index contributed by atoms with van der Waals surface area (Å²) in [7, 11) is 0. The Balaban J connectivity index is 1.31. The number of carbonyl (C=O) groups excluding carboxylic acids is 2. The third-order valence-corrected chi connectivity index (χ3v) is 5.22. The Kier molecular flexibility index (Phi) is 5.71. The van der Waals surface area contributed by atoms with Gasteiger partial charge in [0.15, 0.2) is 0 Å². The Hall–Kier alpha value is -3.33. The molecule has 4 rings (SSSR count). The Morgan fingerprint density at radius 2 is 1.80 bits per heavy atom. The lowest BCUT2D eigenvalue weighted by molar-refractivity contribution is -0.117. The van der Waals surface area contributed by atoms with Gasteiger partial charge in [-0.25, -0.2) is 9.07 Å². The van der Waals surface area contributed by atoms with Gasteiger partial charge in [0, 0.05) is 44.0 Å². The molecule has 0 radical (unpaired) electrons. The lowest BCUT2D eigenvalue weighted by Crippen LogP contribution is -2.50. The van der Waals surface area contributed by atoms with E-state index >= 15 is 0 Å². The smallest absolute Gasteiger partial charge is 0.254 e. The van der Waals surface area contributed by atoms with Gasteiger partial charge in [0.1, 0.15) is 11.3 Å². The number of hydrogen-bond donors (Lipinski definition) is 1. The van der Waals surface area contributed by atoms with Crippen molar-refractivity contribution in [3.8, 4) is 0 Å². The van der Waals surface area contributed by atoms with Crippen LogP contribution in [0.15, 0.2) is 42.5 Å². The van der Waals surface area contributed by atoms with Gasteiger partial charge in [-0.1, -0.05) is 5.21 Å². The number of aryl methyl sites for hydroxylation is 1. The minimum Gasteiger partial charge on any atom is -0.336 e. The molecule has 8 nitrogen and oxygen atoms in total. The third-order valence-electron chi connectivity index (χ3n) is 5.22. The van der Waals surface area contributed by atoms with E-state index in [1.165, 1.54) is 24.3 Å². The second-order valence-corrected chi connectivity index (χ2v) is 7.23. The number of benzene rings is 2. The van der Waals surface area contributed by atoms with E-state index in [0.717, 1.165) is 12.1 Å². The number of fused-ring (bicyclic) bond motifs is 1. The zero-order chi connectivity index (χ0) is 21.1. The summed E-state index contributed by atoms with van der Waals surface area (Å²) in [5.74, 6) is -0.549. The number of carbonyl (C=O) groups is 2. The predicted octanol–water partition coefficient (Wildman–Crippen LogP) is 1.99. The first-order chi connectivity index (χ1) is 14.5. The van der Waals surface area contributed by atoms with Crippen LogP contribution < -0.4 is 5.32 Å². The van der Waals surface area contributed by atoms with Crippen LogP contribution in [0.25, 0.3) is 11.0 Å². The zero-order valence-corrected chi connectivity index (χ0v) is 16.7. The predicted molar refractivity (Wildman–Crippen MR) is 111 cm³/mol. The minimum absolute atomic E-state index is 0.0432.